The summed E-state index contributed by atoms with van der Waals surface area (Å²) in [6.45, 7) is 2.20. The Hall–Kier alpha value is -0.0800. The second-order valence-corrected chi connectivity index (χ2v) is 5.64. The maximum absolute atomic E-state index is 10.2. The predicted molar refractivity (Wildman–Crippen MR) is 53.7 cm³/mol. The van der Waals surface area contributed by atoms with Crippen molar-refractivity contribution < 1.29 is 10.2 Å². The first kappa shape index (κ1) is 9.17. The lowest BCUT2D eigenvalue weighted by atomic mass is 9.67. The van der Waals surface area contributed by atoms with Gasteiger partial charge < -0.3 is 10.2 Å². The molecule has 3 aliphatic rings. The third kappa shape index (κ3) is 0.849. The average Bonchev–Trinajstić information content (AvgIpc) is 2.93. The lowest BCUT2D eigenvalue weighted by Crippen LogP contribution is -2.37. The molecule has 4 unspecified atom stereocenters. The van der Waals surface area contributed by atoms with E-state index in [0.29, 0.717) is 11.8 Å². The monoisotopic (exact) mass is 196 g/mol. The second-order valence-electron chi connectivity index (χ2n) is 5.64. The molecule has 3 saturated carbocycles. The topological polar surface area (TPSA) is 40.5 Å². The van der Waals surface area contributed by atoms with Crippen molar-refractivity contribution in [1.82, 2.24) is 0 Å². The van der Waals surface area contributed by atoms with Crippen molar-refractivity contribution in [2.24, 2.45) is 17.3 Å². The lowest BCUT2D eigenvalue weighted by molar-refractivity contribution is -0.0125. The smallest absolute Gasteiger partial charge is 0.0749 e. The third-order valence-electron chi connectivity index (χ3n) is 5.09. The van der Waals surface area contributed by atoms with Gasteiger partial charge in [0.1, 0.15) is 0 Å². The van der Waals surface area contributed by atoms with Gasteiger partial charge in [0.2, 0.25) is 0 Å². The molecule has 2 N–H and O–H groups in total. The van der Waals surface area contributed by atoms with E-state index in [1.54, 1.807) is 0 Å². The maximum Gasteiger partial charge on any atom is 0.0749 e. The summed E-state index contributed by atoms with van der Waals surface area (Å²) in [5.74, 6) is 1.21. The molecule has 2 nitrogen and oxygen atoms in total. The number of hydrogen-bond donors (Lipinski definition) is 2. The van der Waals surface area contributed by atoms with Crippen LogP contribution in [0.1, 0.15) is 45.4 Å². The van der Waals surface area contributed by atoms with Gasteiger partial charge in [-0.3, -0.25) is 0 Å². The van der Waals surface area contributed by atoms with Gasteiger partial charge in [-0.25, -0.2) is 0 Å². The molecular weight excluding hydrogens is 176 g/mol. The standard InChI is InChI=1S/C12H20O2/c1-2-3-8-6-9(13)4-5-11(8)10-7-12(10,11)14/h8-10,13-14H,2-7H2,1H3/t8?,9?,10?,11?,12-/m0/s1. The van der Waals surface area contributed by atoms with Crippen LogP contribution in [0.4, 0.5) is 0 Å². The van der Waals surface area contributed by atoms with Crippen LogP contribution in [0.3, 0.4) is 0 Å². The van der Waals surface area contributed by atoms with E-state index < -0.39 is 0 Å². The summed E-state index contributed by atoms with van der Waals surface area (Å²) in [5.41, 5.74) is -0.00475. The van der Waals surface area contributed by atoms with Gasteiger partial charge in [0.25, 0.3) is 0 Å². The molecule has 0 aromatic heterocycles. The first-order valence-electron chi connectivity index (χ1n) is 6.05. The molecule has 2 heteroatoms. The van der Waals surface area contributed by atoms with Gasteiger partial charge in [0.15, 0.2) is 0 Å². The van der Waals surface area contributed by atoms with E-state index >= 15 is 0 Å². The van der Waals surface area contributed by atoms with E-state index in [0.717, 1.165) is 25.7 Å². The first-order chi connectivity index (χ1) is 6.65. The van der Waals surface area contributed by atoms with E-state index in [-0.39, 0.29) is 17.1 Å². The van der Waals surface area contributed by atoms with E-state index in [9.17, 15) is 10.2 Å². The summed E-state index contributed by atoms with van der Waals surface area (Å²) in [6, 6.07) is 0. The van der Waals surface area contributed by atoms with Crippen molar-refractivity contribution in [3.05, 3.63) is 0 Å². The van der Waals surface area contributed by atoms with Crippen LogP contribution in [0.5, 0.6) is 0 Å². The zero-order valence-electron chi connectivity index (χ0n) is 8.87. The van der Waals surface area contributed by atoms with Crippen molar-refractivity contribution in [1.29, 1.82) is 0 Å². The molecule has 3 aliphatic carbocycles. The normalized spacial score (nSPS) is 59.8. The fourth-order valence-corrected chi connectivity index (χ4v) is 4.21. The molecule has 0 radical (unpaired) electrons. The summed E-state index contributed by atoms with van der Waals surface area (Å²) in [5, 5.41) is 19.9. The Labute approximate surface area is 85.3 Å². The molecule has 3 fully saturated rings. The zero-order valence-corrected chi connectivity index (χ0v) is 8.87. The van der Waals surface area contributed by atoms with Gasteiger partial charge in [-0.15, -0.1) is 0 Å². The van der Waals surface area contributed by atoms with Crippen LogP contribution >= 0.6 is 0 Å². The van der Waals surface area contributed by atoms with Crippen LogP contribution in [0.2, 0.25) is 0 Å². The minimum atomic E-state index is -0.271. The Kier molecular flexibility index (Phi) is 1.66. The number of fused-ring (bicyclic) bond motifs is 3. The number of aliphatic hydroxyl groups is 2. The largest absolute Gasteiger partial charge is 0.393 e. The Bertz CT molecular complexity index is 265. The minimum Gasteiger partial charge on any atom is -0.393 e. The Morgan fingerprint density at radius 1 is 1.43 bits per heavy atom. The van der Waals surface area contributed by atoms with Crippen LogP contribution < -0.4 is 0 Å². The molecule has 0 aromatic rings. The van der Waals surface area contributed by atoms with Gasteiger partial charge in [-0.2, -0.15) is 0 Å². The first-order valence-corrected chi connectivity index (χ1v) is 6.05. The van der Waals surface area contributed by atoms with E-state index in [1.807, 2.05) is 0 Å². The van der Waals surface area contributed by atoms with Crippen molar-refractivity contribution in [3.8, 4) is 0 Å². The molecule has 0 aromatic carbocycles. The Morgan fingerprint density at radius 3 is 2.64 bits per heavy atom. The molecule has 3 rings (SSSR count). The highest BCUT2D eigenvalue weighted by molar-refractivity contribution is 5.39. The van der Waals surface area contributed by atoms with Gasteiger partial charge >= 0.3 is 0 Å². The number of hydrogen-bond acceptors (Lipinski definition) is 2. The van der Waals surface area contributed by atoms with Gasteiger partial charge in [0, 0.05) is 5.41 Å². The molecular formula is C12H20O2. The Balaban J connectivity index is 1.77. The summed E-state index contributed by atoms with van der Waals surface area (Å²) in [7, 11) is 0. The fourth-order valence-electron chi connectivity index (χ4n) is 4.21. The average molecular weight is 196 g/mol. The fraction of sp³-hybridized carbons (Fsp3) is 1.00. The number of rotatable bonds is 2. The van der Waals surface area contributed by atoms with E-state index in [1.165, 1.54) is 12.8 Å². The van der Waals surface area contributed by atoms with Crippen molar-refractivity contribution >= 4 is 0 Å². The van der Waals surface area contributed by atoms with Gasteiger partial charge in [-0.1, -0.05) is 13.3 Å². The SMILES string of the molecule is CCCC1CC(O)CCC12C1C[C@]12O. The summed E-state index contributed by atoms with van der Waals surface area (Å²) in [4.78, 5) is 0. The summed E-state index contributed by atoms with van der Waals surface area (Å²) < 4.78 is 0. The van der Waals surface area contributed by atoms with Gasteiger partial charge in [-0.05, 0) is 43.9 Å². The van der Waals surface area contributed by atoms with Crippen LogP contribution in [0.15, 0.2) is 0 Å². The molecule has 1 spiro atoms. The molecule has 5 atom stereocenters. The molecule has 14 heavy (non-hydrogen) atoms. The van der Waals surface area contributed by atoms with Crippen LogP contribution in [0.25, 0.3) is 0 Å². The maximum atomic E-state index is 10.2. The zero-order chi connectivity index (χ0) is 9.97. The van der Waals surface area contributed by atoms with Crippen LogP contribution in [-0.4, -0.2) is 21.9 Å². The highest BCUT2D eigenvalue weighted by Gasteiger charge is 2.90. The van der Waals surface area contributed by atoms with E-state index in [2.05, 4.69) is 6.92 Å². The third-order valence-corrected chi connectivity index (χ3v) is 5.09. The quantitative estimate of drug-likeness (QED) is 0.705. The Morgan fingerprint density at radius 2 is 2.14 bits per heavy atom. The lowest BCUT2D eigenvalue weighted by Gasteiger charge is -2.40. The van der Waals surface area contributed by atoms with Crippen LogP contribution in [-0.2, 0) is 0 Å². The molecule has 0 heterocycles. The predicted octanol–water partition coefficient (Wildman–Crippen LogP) is 1.70. The van der Waals surface area contributed by atoms with E-state index in [4.69, 9.17) is 0 Å². The van der Waals surface area contributed by atoms with Crippen LogP contribution in [0, 0.1) is 17.3 Å². The number of aliphatic hydroxyl groups excluding tert-OH is 1. The molecule has 80 valence electrons. The van der Waals surface area contributed by atoms with Crippen molar-refractivity contribution in [3.63, 3.8) is 0 Å². The molecule has 0 aliphatic heterocycles. The highest BCUT2D eigenvalue weighted by atomic mass is 16.3. The second kappa shape index (κ2) is 2.53. The molecule has 0 bridgehead atoms. The summed E-state index contributed by atoms with van der Waals surface area (Å²) in [6.07, 6.45) is 6.24. The summed E-state index contributed by atoms with van der Waals surface area (Å²) >= 11 is 0. The molecule has 0 saturated heterocycles. The minimum absolute atomic E-state index is 0.0965. The molecule has 0 amide bonds. The van der Waals surface area contributed by atoms with Crippen molar-refractivity contribution in [2.75, 3.05) is 0 Å². The van der Waals surface area contributed by atoms with Crippen molar-refractivity contribution in [2.45, 2.75) is 57.2 Å². The van der Waals surface area contributed by atoms with Gasteiger partial charge in [0.05, 0.1) is 11.7 Å². The highest BCUT2D eigenvalue weighted by Crippen LogP contribution is 2.86.